The second-order valence-corrected chi connectivity index (χ2v) is 5.98. The van der Waals surface area contributed by atoms with Crippen molar-refractivity contribution in [2.24, 2.45) is 5.92 Å². The summed E-state index contributed by atoms with van der Waals surface area (Å²) in [7, 11) is 0. The molecule has 1 heterocycles. The van der Waals surface area contributed by atoms with Crippen LogP contribution in [-0.4, -0.2) is 28.6 Å². The average molecular weight is 276 g/mol. The minimum Gasteiger partial charge on any atom is -0.394 e. The number of nitrogens with one attached hydrogen (secondary N) is 1. The summed E-state index contributed by atoms with van der Waals surface area (Å²) in [5, 5.41) is 12.2. The summed E-state index contributed by atoms with van der Waals surface area (Å²) in [5.74, 6) is 0.390. The van der Waals surface area contributed by atoms with Crippen molar-refractivity contribution in [3.05, 3.63) is 29.1 Å². The van der Waals surface area contributed by atoms with Crippen molar-refractivity contribution in [3.63, 3.8) is 0 Å². The van der Waals surface area contributed by atoms with Gasteiger partial charge in [0.25, 0.3) is 5.91 Å². The number of amides is 1. The van der Waals surface area contributed by atoms with Crippen molar-refractivity contribution < 1.29 is 9.90 Å². The summed E-state index contributed by atoms with van der Waals surface area (Å²) in [6.45, 7) is 4.25. The molecule has 1 amide bonds. The molecule has 1 atom stereocenters. The number of aliphatic hydroxyl groups excluding tert-OH is 1. The number of hydrogen-bond donors (Lipinski definition) is 2. The van der Waals surface area contributed by atoms with Crippen molar-refractivity contribution in [1.29, 1.82) is 0 Å². The number of hydrogen-bond acceptors (Lipinski definition) is 3. The Balaban J connectivity index is 1.96. The van der Waals surface area contributed by atoms with Gasteiger partial charge in [-0.1, -0.05) is 19.9 Å². The molecule has 0 aromatic carbocycles. The lowest BCUT2D eigenvalue weighted by Crippen LogP contribution is -2.38. The lowest BCUT2D eigenvalue weighted by atomic mass is 10.0. The smallest absolute Gasteiger partial charge is 0.270 e. The summed E-state index contributed by atoms with van der Waals surface area (Å²) in [5.41, 5.74) is 2.79. The van der Waals surface area contributed by atoms with Gasteiger partial charge in [0.15, 0.2) is 0 Å². The number of aliphatic hydroxyl groups is 1. The highest BCUT2D eigenvalue weighted by atomic mass is 16.3. The Morgan fingerprint density at radius 1 is 1.35 bits per heavy atom. The van der Waals surface area contributed by atoms with Crippen LogP contribution in [0.2, 0.25) is 0 Å². The van der Waals surface area contributed by atoms with Gasteiger partial charge in [-0.2, -0.15) is 0 Å². The molecule has 4 nitrogen and oxygen atoms in total. The van der Waals surface area contributed by atoms with Crippen LogP contribution in [-0.2, 0) is 12.8 Å². The van der Waals surface area contributed by atoms with Crippen LogP contribution in [0.25, 0.3) is 0 Å². The Morgan fingerprint density at radius 3 is 2.85 bits per heavy atom. The van der Waals surface area contributed by atoms with Crippen molar-refractivity contribution >= 4 is 5.91 Å². The molecule has 0 bridgehead atoms. The lowest BCUT2D eigenvalue weighted by molar-refractivity contribution is 0.0905. The standard InChI is InChI=1S/C16H24N2O2/c1-11(2)6-8-13(10-19)17-16(20)15-9-7-12-4-3-5-14(12)18-15/h7,9,11,13,19H,3-6,8,10H2,1-2H3,(H,17,20). The van der Waals surface area contributed by atoms with E-state index in [2.05, 4.69) is 24.1 Å². The Labute approximate surface area is 120 Å². The average Bonchev–Trinajstić information content (AvgIpc) is 2.90. The molecule has 1 aromatic rings. The summed E-state index contributed by atoms with van der Waals surface area (Å²) in [6, 6.07) is 3.61. The van der Waals surface area contributed by atoms with E-state index in [1.54, 1.807) is 6.07 Å². The quantitative estimate of drug-likeness (QED) is 0.836. The molecule has 0 radical (unpaired) electrons. The van der Waals surface area contributed by atoms with Gasteiger partial charge >= 0.3 is 0 Å². The number of aryl methyl sites for hydroxylation is 2. The molecule has 1 aromatic heterocycles. The van der Waals surface area contributed by atoms with Crippen LogP contribution < -0.4 is 5.32 Å². The maximum Gasteiger partial charge on any atom is 0.270 e. The van der Waals surface area contributed by atoms with Crippen molar-refractivity contribution in [3.8, 4) is 0 Å². The van der Waals surface area contributed by atoms with Gasteiger partial charge in [-0.3, -0.25) is 4.79 Å². The van der Waals surface area contributed by atoms with Gasteiger partial charge in [0, 0.05) is 5.69 Å². The molecule has 0 saturated carbocycles. The van der Waals surface area contributed by atoms with E-state index >= 15 is 0 Å². The molecule has 2 rings (SSSR count). The fraction of sp³-hybridized carbons (Fsp3) is 0.625. The van der Waals surface area contributed by atoms with Crippen LogP contribution >= 0.6 is 0 Å². The molecule has 0 aliphatic heterocycles. The van der Waals surface area contributed by atoms with E-state index in [4.69, 9.17) is 0 Å². The summed E-state index contributed by atoms with van der Waals surface area (Å²) >= 11 is 0. The molecule has 0 spiro atoms. The Bertz CT molecular complexity index is 472. The molecule has 1 aliphatic rings. The van der Waals surface area contributed by atoms with E-state index in [0.29, 0.717) is 11.6 Å². The molecular formula is C16H24N2O2. The third-order valence-corrected chi connectivity index (χ3v) is 3.81. The molecule has 0 saturated heterocycles. The van der Waals surface area contributed by atoms with E-state index in [9.17, 15) is 9.90 Å². The van der Waals surface area contributed by atoms with Crippen LogP contribution in [0.1, 0.15) is 54.9 Å². The number of nitrogens with zero attached hydrogens (tertiary/aromatic N) is 1. The van der Waals surface area contributed by atoms with Gasteiger partial charge in [-0.25, -0.2) is 4.98 Å². The predicted molar refractivity (Wildman–Crippen MR) is 78.7 cm³/mol. The normalized spacial score (nSPS) is 15.2. The number of rotatable bonds is 6. The number of pyridine rings is 1. The van der Waals surface area contributed by atoms with Gasteiger partial charge < -0.3 is 10.4 Å². The number of aromatic nitrogens is 1. The SMILES string of the molecule is CC(C)CCC(CO)NC(=O)c1ccc2c(n1)CCC2. The highest BCUT2D eigenvalue weighted by Gasteiger charge is 2.18. The molecule has 1 unspecified atom stereocenters. The minimum absolute atomic E-state index is 0.0244. The maximum absolute atomic E-state index is 12.2. The fourth-order valence-corrected chi connectivity index (χ4v) is 2.55. The molecule has 20 heavy (non-hydrogen) atoms. The van der Waals surface area contributed by atoms with Crippen molar-refractivity contribution in [1.82, 2.24) is 10.3 Å². The van der Waals surface area contributed by atoms with Crippen LogP contribution in [0, 0.1) is 5.92 Å². The largest absolute Gasteiger partial charge is 0.394 e. The van der Waals surface area contributed by atoms with Crippen molar-refractivity contribution in [2.75, 3.05) is 6.61 Å². The molecule has 1 aliphatic carbocycles. The summed E-state index contributed by atoms with van der Waals surface area (Å²) < 4.78 is 0. The van der Waals surface area contributed by atoms with E-state index < -0.39 is 0 Å². The molecule has 2 N–H and O–H groups in total. The first kappa shape index (κ1) is 15.0. The van der Waals surface area contributed by atoms with Gasteiger partial charge in [0.2, 0.25) is 0 Å². The fourth-order valence-electron chi connectivity index (χ4n) is 2.55. The number of carbonyl (C=O) groups excluding carboxylic acids is 1. The van der Waals surface area contributed by atoms with Crippen LogP contribution in [0.5, 0.6) is 0 Å². The topological polar surface area (TPSA) is 62.2 Å². The highest BCUT2D eigenvalue weighted by molar-refractivity contribution is 5.92. The molecule has 4 heteroatoms. The Morgan fingerprint density at radius 2 is 2.15 bits per heavy atom. The van der Waals surface area contributed by atoms with Crippen LogP contribution in [0.15, 0.2) is 12.1 Å². The van der Waals surface area contributed by atoms with E-state index in [0.717, 1.165) is 37.8 Å². The van der Waals surface area contributed by atoms with Crippen LogP contribution in [0.3, 0.4) is 0 Å². The molecule has 110 valence electrons. The van der Waals surface area contributed by atoms with Crippen LogP contribution in [0.4, 0.5) is 0 Å². The summed E-state index contributed by atoms with van der Waals surface area (Å²) in [4.78, 5) is 16.6. The summed E-state index contributed by atoms with van der Waals surface area (Å²) in [6.07, 6.45) is 4.94. The second-order valence-electron chi connectivity index (χ2n) is 5.98. The zero-order valence-corrected chi connectivity index (χ0v) is 12.4. The lowest BCUT2D eigenvalue weighted by Gasteiger charge is -2.17. The first-order valence-electron chi connectivity index (χ1n) is 7.50. The third-order valence-electron chi connectivity index (χ3n) is 3.81. The zero-order valence-electron chi connectivity index (χ0n) is 12.4. The van der Waals surface area contributed by atoms with Gasteiger partial charge in [-0.15, -0.1) is 0 Å². The zero-order chi connectivity index (χ0) is 14.5. The molecule has 0 fully saturated rings. The monoisotopic (exact) mass is 276 g/mol. The Kier molecular flexibility index (Phi) is 5.12. The third kappa shape index (κ3) is 3.79. The second kappa shape index (κ2) is 6.84. The van der Waals surface area contributed by atoms with Crippen molar-refractivity contribution in [2.45, 2.75) is 52.0 Å². The number of fused-ring (bicyclic) bond motifs is 1. The van der Waals surface area contributed by atoms with Gasteiger partial charge in [0.1, 0.15) is 5.69 Å². The maximum atomic E-state index is 12.2. The first-order chi connectivity index (χ1) is 9.60. The minimum atomic E-state index is -0.181. The van der Waals surface area contributed by atoms with Gasteiger partial charge in [0.05, 0.1) is 12.6 Å². The molecular weight excluding hydrogens is 252 g/mol. The predicted octanol–water partition coefficient (Wildman–Crippen LogP) is 2.10. The first-order valence-corrected chi connectivity index (χ1v) is 7.50. The highest BCUT2D eigenvalue weighted by Crippen LogP contribution is 2.20. The van der Waals surface area contributed by atoms with Gasteiger partial charge in [-0.05, 0) is 49.7 Å². The van der Waals surface area contributed by atoms with E-state index in [1.807, 2.05) is 6.07 Å². The number of carbonyl (C=O) groups is 1. The van der Waals surface area contributed by atoms with E-state index in [-0.39, 0.29) is 18.6 Å². The Hall–Kier alpha value is -1.42. The van der Waals surface area contributed by atoms with E-state index in [1.165, 1.54) is 5.56 Å².